The van der Waals surface area contributed by atoms with Crippen LogP contribution < -0.4 is 10.0 Å². The lowest BCUT2D eigenvalue weighted by Crippen LogP contribution is -2.31. The van der Waals surface area contributed by atoms with Crippen LogP contribution in [0.3, 0.4) is 0 Å². The van der Waals surface area contributed by atoms with Gasteiger partial charge in [-0.1, -0.05) is 26.2 Å². The van der Waals surface area contributed by atoms with Crippen LogP contribution in [-0.2, 0) is 16.6 Å². The highest BCUT2D eigenvalue weighted by atomic mass is 32.2. The Bertz CT molecular complexity index is 532. The van der Waals surface area contributed by atoms with Crippen molar-refractivity contribution in [2.24, 2.45) is 11.8 Å². The maximum absolute atomic E-state index is 12.4. The second kappa shape index (κ2) is 7.72. The Kier molecular flexibility index (Phi) is 6.22. The smallest absolute Gasteiger partial charge is 0.241 e. The molecule has 21 heavy (non-hydrogen) atoms. The zero-order chi connectivity index (χ0) is 15.3. The molecule has 1 fully saturated rings. The van der Waals surface area contributed by atoms with Crippen LogP contribution in [0.15, 0.2) is 16.3 Å². The lowest BCUT2D eigenvalue weighted by atomic mass is 9.81. The fourth-order valence-electron chi connectivity index (χ4n) is 3.01. The van der Waals surface area contributed by atoms with E-state index in [1.165, 1.54) is 30.6 Å². The van der Waals surface area contributed by atoms with Crippen LogP contribution in [0, 0.1) is 11.8 Å². The van der Waals surface area contributed by atoms with Gasteiger partial charge in [-0.3, -0.25) is 0 Å². The summed E-state index contributed by atoms with van der Waals surface area (Å²) in [6.45, 7) is 3.41. The van der Waals surface area contributed by atoms with E-state index in [-0.39, 0.29) is 0 Å². The minimum Gasteiger partial charge on any atom is -0.315 e. The van der Waals surface area contributed by atoms with Gasteiger partial charge < -0.3 is 5.32 Å². The third kappa shape index (κ3) is 4.52. The van der Waals surface area contributed by atoms with E-state index in [2.05, 4.69) is 17.0 Å². The number of rotatable bonds is 7. The molecule has 1 saturated carbocycles. The Balaban J connectivity index is 1.91. The third-order valence-electron chi connectivity index (χ3n) is 4.44. The fourth-order valence-corrected chi connectivity index (χ4v) is 5.58. The summed E-state index contributed by atoms with van der Waals surface area (Å²) in [5.74, 6) is 1.34. The molecule has 0 unspecified atom stereocenters. The highest BCUT2D eigenvalue weighted by Crippen LogP contribution is 2.30. The van der Waals surface area contributed by atoms with Crippen molar-refractivity contribution >= 4 is 21.4 Å². The SMILES string of the molecule is CCC1CCC(CNS(=O)(=O)c2ccsc2CNC)CC1. The van der Waals surface area contributed by atoms with Gasteiger partial charge in [0.1, 0.15) is 0 Å². The van der Waals surface area contributed by atoms with Gasteiger partial charge in [0.05, 0.1) is 4.90 Å². The quantitative estimate of drug-likeness (QED) is 0.808. The monoisotopic (exact) mass is 330 g/mol. The normalized spacial score (nSPS) is 23.3. The molecule has 0 atom stereocenters. The Morgan fingerprint density at radius 1 is 1.24 bits per heavy atom. The predicted octanol–water partition coefficient (Wildman–Crippen LogP) is 2.96. The Morgan fingerprint density at radius 3 is 2.52 bits per heavy atom. The summed E-state index contributed by atoms with van der Waals surface area (Å²) < 4.78 is 27.7. The van der Waals surface area contributed by atoms with Crippen molar-refractivity contribution in [1.82, 2.24) is 10.0 Å². The molecule has 0 bridgehead atoms. The highest BCUT2D eigenvalue weighted by molar-refractivity contribution is 7.89. The van der Waals surface area contributed by atoms with Crippen molar-refractivity contribution in [3.63, 3.8) is 0 Å². The maximum atomic E-state index is 12.4. The van der Waals surface area contributed by atoms with Gasteiger partial charge >= 0.3 is 0 Å². The summed E-state index contributed by atoms with van der Waals surface area (Å²) in [7, 11) is -1.54. The minimum absolute atomic E-state index is 0.434. The van der Waals surface area contributed by atoms with Gasteiger partial charge in [0.15, 0.2) is 0 Å². The van der Waals surface area contributed by atoms with Gasteiger partial charge in [0, 0.05) is 18.0 Å². The zero-order valence-electron chi connectivity index (χ0n) is 12.9. The number of thiophene rings is 1. The molecular formula is C15H26N2O2S2. The third-order valence-corrected chi connectivity index (χ3v) is 7.00. The molecule has 6 heteroatoms. The van der Waals surface area contributed by atoms with E-state index in [9.17, 15) is 8.42 Å². The molecule has 0 radical (unpaired) electrons. The molecular weight excluding hydrogens is 304 g/mol. The number of sulfonamides is 1. The summed E-state index contributed by atoms with van der Waals surface area (Å²) in [6.07, 6.45) is 6.03. The van der Waals surface area contributed by atoms with Crippen molar-refractivity contribution in [2.75, 3.05) is 13.6 Å². The number of hydrogen-bond donors (Lipinski definition) is 2. The van der Waals surface area contributed by atoms with Gasteiger partial charge in [0.25, 0.3) is 0 Å². The van der Waals surface area contributed by atoms with E-state index in [0.29, 0.717) is 23.9 Å². The molecule has 0 spiro atoms. The second-order valence-electron chi connectivity index (χ2n) is 5.89. The van der Waals surface area contributed by atoms with Crippen molar-refractivity contribution in [2.45, 2.75) is 50.5 Å². The first-order valence-electron chi connectivity index (χ1n) is 7.77. The van der Waals surface area contributed by atoms with Crippen LogP contribution in [0.2, 0.25) is 0 Å². The number of nitrogens with one attached hydrogen (secondary N) is 2. The van der Waals surface area contributed by atoms with Crippen LogP contribution in [0.25, 0.3) is 0 Å². The molecule has 1 aromatic heterocycles. The standard InChI is InChI=1S/C15H26N2O2S2/c1-3-12-4-6-13(7-5-12)10-17-21(18,19)15-8-9-20-14(15)11-16-2/h8-9,12-13,16-17H,3-7,10-11H2,1-2H3. The maximum Gasteiger partial charge on any atom is 0.241 e. The fraction of sp³-hybridized carbons (Fsp3) is 0.733. The molecule has 1 aromatic rings. The van der Waals surface area contributed by atoms with E-state index in [1.807, 2.05) is 12.4 Å². The van der Waals surface area contributed by atoms with Gasteiger partial charge in [-0.15, -0.1) is 11.3 Å². The minimum atomic E-state index is -3.37. The zero-order valence-corrected chi connectivity index (χ0v) is 14.5. The average molecular weight is 331 g/mol. The summed E-state index contributed by atoms with van der Waals surface area (Å²) in [5.41, 5.74) is 0. The molecule has 120 valence electrons. The van der Waals surface area contributed by atoms with Gasteiger partial charge in [0.2, 0.25) is 10.0 Å². The molecule has 0 amide bonds. The van der Waals surface area contributed by atoms with Crippen molar-refractivity contribution in [3.8, 4) is 0 Å². The largest absolute Gasteiger partial charge is 0.315 e. The first-order chi connectivity index (χ1) is 10.1. The Hall–Kier alpha value is -0.430. The average Bonchev–Trinajstić information content (AvgIpc) is 2.95. The molecule has 0 saturated heterocycles. The van der Waals surface area contributed by atoms with Crippen LogP contribution in [0.5, 0.6) is 0 Å². The molecule has 1 aliphatic rings. The van der Waals surface area contributed by atoms with Crippen LogP contribution >= 0.6 is 11.3 Å². The predicted molar refractivity (Wildman–Crippen MR) is 88.0 cm³/mol. The van der Waals surface area contributed by atoms with Crippen LogP contribution in [0.1, 0.15) is 43.9 Å². The topological polar surface area (TPSA) is 58.2 Å². The molecule has 1 aliphatic carbocycles. The molecule has 1 heterocycles. The van der Waals surface area contributed by atoms with Gasteiger partial charge in [-0.25, -0.2) is 13.1 Å². The lowest BCUT2D eigenvalue weighted by molar-refractivity contribution is 0.270. The first-order valence-corrected chi connectivity index (χ1v) is 10.1. The van der Waals surface area contributed by atoms with E-state index in [4.69, 9.17) is 0 Å². The van der Waals surface area contributed by atoms with Gasteiger partial charge in [-0.2, -0.15) is 0 Å². The summed E-state index contributed by atoms with van der Waals surface area (Å²) >= 11 is 1.48. The first kappa shape index (κ1) is 16.9. The Labute approximate surface area is 132 Å². The summed E-state index contributed by atoms with van der Waals surface area (Å²) in [4.78, 5) is 1.31. The van der Waals surface area contributed by atoms with E-state index >= 15 is 0 Å². The van der Waals surface area contributed by atoms with Crippen LogP contribution in [0.4, 0.5) is 0 Å². The second-order valence-corrected chi connectivity index (χ2v) is 8.62. The van der Waals surface area contributed by atoms with E-state index in [1.54, 1.807) is 6.07 Å². The molecule has 4 nitrogen and oxygen atoms in total. The molecule has 2 N–H and O–H groups in total. The summed E-state index contributed by atoms with van der Waals surface area (Å²) in [5, 5.41) is 4.86. The molecule has 0 aliphatic heterocycles. The Morgan fingerprint density at radius 2 is 1.90 bits per heavy atom. The number of hydrogen-bond acceptors (Lipinski definition) is 4. The highest BCUT2D eigenvalue weighted by Gasteiger charge is 2.24. The van der Waals surface area contributed by atoms with Crippen molar-refractivity contribution in [1.29, 1.82) is 0 Å². The molecule has 2 rings (SSSR count). The van der Waals surface area contributed by atoms with Gasteiger partial charge in [-0.05, 0) is 43.2 Å². The van der Waals surface area contributed by atoms with Crippen molar-refractivity contribution in [3.05, 3.63) is 16.3 Å². The van der Waals surface area contributed by atoms with E-state index < -0.39 is 10.0 Å². The lowest BCUT2D eigenvalue weighted by Gasteiger charge is -2.27. The van der Waals surface area contributed by atoms with Crippen LogP contribution in [-0.4, -0.2) is 22.0 Å². The summed E-state index contributed by atoms with van der Waals surface area (Å²) in [6, 6.07) is 1.70. The molecule has 0 aromatic carbocycles. The van der Waals surface area contributed by atoms with Crippen molar-refractivity contribution < 1.29 is 8.42 Å². The van der Waals surface area contributed by atoms with E-state index in [0.717, 1.165) is 23.6 Å².